The monoisotopic (exact) mass is 261 g/mol. The second-order valence-corrected chi connectivity index (χ2v) is 5.70. The highest BCUT2D eigenvalue weighted by atomic mass is 16.2. The molecule has 0 atom stereocenters. The lowest BCUT2D eigenvalue weighted by molar-refractivity contribution is 0.0643. The Morgan fingerprint density at radius 2 is 1.58 bits per heavy atom. The minimum Gasteiger partial charge on any atom is -0.334 e. The van der Waals surface area contributed by atoms with Gasteiger partial charge in [-0.05, 0) is 58.2 Å². The molecular weight excluding hydrogens is 234 g/mol. The van der Waals surface area contributed by atoms with Gasteiger partial charge in [-0.1, -0.05) is 25.5 Å². The molecule has 106 valence electrons. The lowest BCUT2D eigenvalue weighted by Gasteiger charge is -2.30. The summed E-state index contributed by atoms with van der Waals surface area (Å²) >= 11 is 0. The minimum absolute atomic E-state index is 0.132. The fourth-order valence-electron chi connectivity index (χ4n) is 2.41. The van der Waals surface area contributed by atoms with Gasteiger partial charge in [0.05, 0.1) is 0 Å². The van der Waals surface area contributed by atoms with Crippen molar-refractivity contribution in [3.8, 4) is 0 Å². The molecule has 19 heavy (non-hydrogen) atoms. The van der Waals surface area contributed by atoms with E-state index >= 15 is 0 Å². The first kappa shape index (κ1) is 15.7. The van der Waals surface area contributed by atoms with Crippen molar-refractivity contribution >= 4 is 5.91 Å². The number of aryl methyl sites for hydroxylation is 1. The third kappa shape index (κ3) is 4.38. The maximum absolute atomic E-state index is 12.5. The maximum Gasteiger partial charge on any atom is 0.254 e. The zero-order valence-electron chi connectivity index (χ0n) is 12.9. The van der Waals surface area contributed by atoms with Gasteiger partial charge in [0.15, 0.2) is 0 Å². The standard InChI is InChI=1S/C17H27NO/c1-6-7-8-15-9-11-16(12-10-15)17(19)18(13(2)3)14(4)5/h9-14H,6-8H2,1-5H3. The Morgan fingerprint density at radius 3 is 2.00 bits per heavy atom. The zero-order chi connectivity index (χ0) is 14.4. The van der Waals surface area contributed by atoms with Crippen LogP contribution >= 0.6 is 0 Å². The van der Waals surface area contributed by atoms with E-state index in [0.717, 1.165) is 12.0 Å². The van der Waals surface area contributed by atoms with Crippen LogP contribution in [0.3, 0.4) is 0 Å². The van der Waals surface area contributed by atoms with Crippen molar-refractivity contribution in [1.82, 2.24) is 4.90 Å². The molecule has 1 rings (SSSR count). The Kier molecular flexibility index (Phi) is 6.07. The zero-order valence-corrected chi connectivity index (χ0v) is 12.9. The van der Waals surface area contributed by atoms with Gasteiger partial charge >= 0.3 is 0 Å². The van der Waals surface area contributed by atoms with E-state index in [1.807, 2.05) is 17.0 Å². The molecule has 0 spiro atoms. The van der Waals surface area contributed by atoms with Crippen molar-refractivity contribution in [1.29, 1.82) is 0 Å². The van der Waals surface area contributed by atoms with Gasteiger partial charge in [-0.15, -0.1) is 0 Å². The Bertz CT molecular complexity index is 384. The van der Waals surface area contributed by atoms with Crippen LogP contribution < -0.4 is 0 Å². The van der Waals surface area contributed by atoms with E-state index in [-0.39, 0.29) is 18.0 Å². The van der Waals surface area contributed by atoms with E-state index in [1.165, 1.54) is 18.4 Å². The average molecular weight is 261 g/mol. The van der Waals surface area contributed by atoms with E-state index in [4.69, 9.17) is 0 Å². The molecule has 0 saturated heterocycles. The summed E-state index contributed by atoms with van der Waals surface area (Å²) in [5, 5.41) is 0. The van der Waals surface area contributed by atoms with Crippen LogP contribution in [0.1, 0.15) is 63.4 Å². The number of unbranched alkanes of at least 4 members (excludes halogenated alkanes) is 1. The Morgan fingerprint density at radius 1 is 1.05 bits per heavy atom. The molecular formula is C17H27NO. The summed E-state index contributed by atoms with van der Waals surface area (Å²) < 4.78 is 0. The predicted octanol–water partition coefficient (Wildman–Crippen LogP) is 4.29. The molecule has 0 aliphatic carbocycles. The molecule has 0 saturated carbocycles. The van der Waals surface area contributed by atoms with Gasteiger partial charge in [-0.3, -0.25) is 4.79 Å². The van der Waals surface area contributed by atoms with Crippen LogP contribution in [-0.2, 0) is 6.42 Å². The number of benzene rings is 1. The highest BCUT2D eigenvalue weighted by Crippen LogP contribution is 2.14. The fourth-order valence-corrected chi connectivity index (χ4v) is 2.41. The van der Waals surface area contributed by atoms with Gasteiger partial charge in [0, 0.05) is 17.6 Å². The van der Waals surface area contributed by atoms with Crippen molar-refractivity contribution in [3.63, 3.8) is 0 Å². The first-order valence-corrected chi connectivity index (χ1v) is 7.39. The SMILES string of the molecule is CCCCc1ccc(C(=O)N(C(C)C)C(C)C)cc1. The van der Waals surface area contributed by atoms with Gasteiger partial charge in [0.2, 0.25) is 0 Å². The first-order chi connectivity index (χ1) is 8.97. The van der Waals surface area contributed by atoms with E-state index in [2.05, 4.69) is 46.8 Å². The second-order valence-electron chi connectivity index (χ2n) is 5.70. The molecule has 0 heterocycles. The molecule has 0 N–H and O–H groups in total. The molecule has 2 nitrogen and oxygen atoms in total. The number of hydrogen-bond acceptors (Lipinski definition) is 1. The van der Waals surface area contributed by atoms with Crippen LogP contribution in [0, 0.1) is 0 Å². The highest BCUT2D eigenvalue weighted by molar-refractivity contribution is 5.94. The predicted molar refractivity (Wildman–Crippen MR) is 81.5 cm³/mol. The van der Waals surface area contributed by atoms with Crippen molar-refractivity contribution in [2.24, 2.45) is 0 Å². The number of hydrogen-bond donors (Lipinski definition) is 0. The van der Waals surface area contributed by atoms with Gasteiger partial charge < -0.3 is 4.90 Å². The fraction of sp³-hybridized carbons (Fsp3) is 0.588. The van der Waals surface area contributed by atoms with E-state index in [0.29, 0.717) is 0 Å². The lowest BCUT2D eigenvalue weighted by atomic mass is 10.0. The third-order valence-electron chi connectivity index (χ3n) is 3.37. The van der Waals surface area contributed by atoms with E-state index < -0.39 is 0 Å². The summed E-state index contributed by atoms with van der Waals surface area (Å²) in [6.07, 6.45) is 3.51. The average Bonchev–Trinajstić information content (AvgIpc) is 2.36. The summed E-state index contributed by atoms with van der Waals surface area (Å²) in [5.74, 6) is 0.132. The summed E-state index contributed by atoms with van der Waals surface area (Å²) in [6, 6.07) is 8.55. The molecule has 0 aromatic heterocycles. The van der Waals surface area contributed by atoms with E-state index in [9.17, 15) is 4.79 Å². The van der Waals surface area contributed by atoms with Crippen molar-refractivity contribution < 1.29 is 4.79 Å². The molecule has 0 radical (unpaired) electrons. The Hall–Kier alpha value is -1.31. The molecule has 0 aliphatic heterocycles. The van der Waals surface area contributed by atoms with E-state index in [1.54, 1.807) is 0 Å². The summed E-state index contributed by atoms with van der Waals surface area (Å²) in [6.45, 7) is 10.4. The van der Waals surface area contributed by atoms with Crippen molar-refractivity contribution in [2.45, 2.75) is 66.0 Å². The van der Waals surface area contributed by atoms with Crippen LogP contribution in [-0.4, -0.2) is 22.9 Å². The topological polar surface area (TPSA) is 20.3 Å². The largest absolute Gasteiger partial charge is 0.334 e. The normalized spacial score (nSPS) is 11.1. The van der Waals surface area contributed by atoms with Crippen LogP contribution in [0.5, 0.6) is 0 Å². The first-order valence-electron chi connectivity index (χ1n) is 7.39. The summed E-state index contributed by atoms with van der Waals surface area (Å²) in [4.78, 5) is 14.4. The second kappa shape index (κ2) is 7.32. The van der Waals surface area contributed by atoms with Crippen molar-refractivity contribution in [2.75, 3.05) is 0 Å². The van der Waals surface area contributed by atoms with Gasteiger partial charge in [-0.2, -0.15) is 0 Å². The van der Waals surface area contributed by atoms with Crippen LogP contribution in [0.4, 0.5) is 0 Å². The molecule has 0 unspecified atom stereocenters. The Labute approximate surface area is 117 Å². The van der Waals surface area contributed by atoms with Crippen LogP contribution in [0.2, 0.25) is 0 Å². The number of rotatable bonds is 6. The lowest BCUT2D eigenvalue weighted by Crippen LogP contribution is -2.42. The van der Waals surface area contributed by atoms with Crippen LogP contribution in [0.15, 0.2) is 24.3 Å². The van der Waals surface area contributed by atoms with Gasteiger partial charge in [-0.25, -0.2) is 0 Å². The summed E-state index contributed by atoms with van der Waals surface area (Å²) in [5.41, 5.74) is 2.11. The quantitative estimate of drug-likeness (QED) is 0.748. The molecule has 1 aromatic rings. The molecule has 0 fully saturated rings. The molecule has 1 aromatic carbocycles. The Balaban J connectivity index is 2.82. The number of carbonyl (C=O) groups is 1. The molecule has 0 aliphatic rings. The molecule has 2 heteroatoms. The smallest absolute Gasteiger partial charge is 0.254 e. The number of amides is 1. The van der Waals surface area contributed by atoms with Crippen LogP contribution in [0.25, 0.3) is 0 Å². The maximum atomic E-state index is 12.5. The number of nitrogens with zero attached hydrogens (tertiary/aromatic N) is 1. The third-order valence-corrected chi connectivity index (χ3v) is 3.37. The molecule has 0 bridgehead atoms. The number of carbonyl (C=O) groups excluding carboxylic acids is 1. The van der Waals surface area contributed by atoms with Crippen molar-refractivity contribution in [3.05, 3.63) is 35.4 Å². The van der Waals surface area contributed by atoms with Gasteiger partial charge in [0.25, 0.3) is 5.91 Å². The highest BCUT2D eigenvalue weighted by Gasteiger charge is 2.21. The summed E-state index contributed by atoms with van der Waals surface area (Å²) in [7, 11) is 0. The minimum atomic E-state index is 0.132. The van der Waals surface area contributed by atoms with Gasteiger partial charge in [0.1, 0.15) is 0 Å². The molecule has 1 amide bonds.